The summed E-state index contributed by atoms with van der Waals surface area (Å²) < 4.78 is 5.12. The molecule has 5 heteroatoms. The normalized spacial score (nSPS) is 42.8. The van der Waals surface area contributed by atoms with Crippen molar-refractivity contribution in [3.05, 3.63) is 0 Å². The van der Waals surface area contributed by atoms with Gasteiger partial charge in [-0.1, -0.05) is 31.9 Å². The highest BCUT2D eigenvalue weighted by Gasteiger charge is 2.21. The van der Waals surface area contributed by atoms with Gasteiger partial charge in [-0.2, -0.15) is 0 Å². The van der Waals surface area contributed by atoms with Gasteiger partial charge in [0.15, 0.2) is 0 Å². The van der Waals surface area contributed by atoms with E-state index in [9.17, 15) is 0 Å². The molecule has 1 fully saturated rings. The van der Waals surface area contributed by atoms with E-state index in [0.717, 1.165) is 0 Å². The van der Waals surface area contributed by atoms with E-state index in [-0.39, 0.29) is 0 Å². The van der Waals surface area contributed by atoms with Crippen LogP contribution in [0, 0.1) is 0 Å². The fourth-order valence-electron chi connectivity index (χ4n) is 0.337. The Hall–Kier alpha value is 1.31. The summed E-state index contributed by atoms with van der Waals surface area (Å²) in [6.07, 6.45) is 0. The summed E-state index contributed by atoms with van der Waals surface area (Å²) >= 11 is 6.82. The van der Waals surface area contributed by atoms with E-state index in [0.29, 0.717) is 24.8 Å². The third kappa shape index (κ3) is 1.92. The number of hydrogen-bond acceptors (Lipinski definition) is 2. The van der Waals surface area contributed by atoms with Gasteiger partial charge in [-0.05, 0) is 0 Å². The number of rotatable bonds is 0. The zero-order chi connectivity index (χ0) is 5.98. The average Bonchev–Trinajstić information content (AvgIpc) is 1.77. The molecule has 0 aromatic rings. The second kappa shape index (κ2) is 3.47. The fourth-order valence-corrected chi connectivity index (χ4v) is 1.62. The van der Waals surface area contributed by atoms with E-state index in [1.165, 1.54) is 0 Å². The molecule has 1 aliphatic rings. The predicted molar refractivity (Wildman–Crippen MR) is 40.8 cm³/mol. The van der Waals surface area contributed by atoms with Gasteiger partial charge in [0, 0.05) is 0 Å². The Kier molecular flexibility index (Phi) is 3.22. The summed E-state index contributed by atoms with van der Waals surface area (Å²) in [4.78, 5) is 5.09. The maximum atomic E-state index is 4.70. The highest BCUT2D eigenvalue weighted by Crippen LogP contribution is 2.36. The van der Waals surface area contributed by atoms with E-state index in [1.54, 1.807) is 0 Å². The van der Waals surface area contributed by atoms with Gasteiger partial charge in [-0.25, -0.2) is 9.56 Å². The molecule has 3 unspecified atom stereocenters. The largest absolute Gasteiger partial charge is 0.232 e. The Morgan fingerprint density at radius 2 is 2.25 bits per heavy atom. The van der Waals surface area contributed by atoms with Crippen molar-refractivity contribution in [1.82, 2.24) is 0 Å². The molecular formula is C3H5Br2O2P. The van der Waals surface area contributed by atoms with Crippen LogP contribution in [0.3, 0.4) is 0 Å². The first kappa shape index (κ1) is 7.42. The summed E-state index contributed by atoms with van der Waals surface area (Å²) in [6, 6.07) is 0. The Labute approximate surface area is 66.4 Å². The molecule has 2 nitrogen and oxygen atoms in total. The average molecular weight is 264 g/mol. The van der Waals surface area contributed by atoms with Crippen LogP contribution in [0.1, 0.15) is 0 Å². The monoisotopic (exact) mass is 262 g/mol. The first-order valence-corrected chi connectivity index (χ1v) is 4.94. The van der Waals surface area contributed by atoms with E-state index in [4.69, 9.17) is 4.67 Å². The van der Waals surface area contributed by atoms with Crippen LogP contribution in [0.15, 0.2) is 0 Å². The Balaban J connectivity index is 2.28. The number of hydrogen-bond donors (Lipinski definition) is 0. The molecule has 8 heavy (non-hydrogen) atoms. The number of halogens is 2. The van der Waals surface area contributed by atoms with Gasteiger partial charge in [0.1, 0.15) is 0 Å². The van der Waals surface area contributed by atoms with Crippen LogP contribution in [0.4, 0.5) is 0 Å². The number of alkyl halides is 2. The lowest BCUT2D eigenvalue weighted by molar-refractivity contribution is -0.201. The molecule has 0 saturated carbocycles. The maximum absolute atomic E-state index is 4.70. The van der Waals surface area contributed by atoms with Gasteiger partial charge in [0.05, 0.1) is 24.8 Å². The molecule has 0 amide bonds. The minimum absolute atomic E-state index is 0.398. The molecular weight excluding hydrogens is 259 g/mol. The first-order chi connectivity index (χ1) is 3.80. The lowest BCUT2D eigenvalue weighted by Crippen LogP contribution is -2.20. The molecule has 1 rings (SSSR count). The zero-order valence-corrected chi connectivity index (χ0v) is 8.11. The standard InChI is InChI=1S/C3H5Br2O2P/c4-2-1-6-7-8-3(2)5/h2-3,8H,1H2. The molecule has 1 aliphatic heterocycles. The summed E-state index contributed by atoms with van der Waals surface area (Å²) in [7, 11) is 0.403. The second-order valence-corrected chi connectivity index (χ2v) is 5.44. The molecule has 0 bridgehead atoms. The van der Waals surface area contributed by atoms with Gasteiger partial charge in [0.2, 0.25) is 0 Å². The van der Waals surface area contributed by atoms with Crippen molar-refractivity contribution >= 4 is 40.7 Å². The van der Waals surface area contributed by atoms with Crippen LogP contribution in [0.2, 0.25) is 0 Å². The van der Waals surface area contributed by atoms with E-state index >= 15 is 0 Å². The van der Waals surface area contributed by atoms with Crippen LogP contribution in [0.5, 0.6) is 0 Å². The van der Waals surface area contributed by atoms with Crippen LogP contribution >= 0.6 is 40.7 Å². The minimum atomic E-state index is 0.398. The summed E-state index contributed by atoms with van der Waals surface area (Å²) in [6.45, 7) is 0.628. The van der Waals surface area contributed by atoms with Crippen molar-refractivity contribution in [1.29, 1.82) is 0 Å². The van der Waals surface area contributed by atoms with Crippen molar-refractivity contribution in [2.45, 2.75) is 9.40 Å². The topological polar surface area (TPSA) is 18.5 Å². The SMILES string of the molecule is BrC1COOPC1Br. The summed E-state index contributed by atoms with van der Waals surface area (Å²) in [5.74, 6) is 0. The maximum Gasteiger partial charge on any atom is 0.0965 e. The van der Waals surface area contributed by atoms with E-state index in [1.807, 2.05) is 0 Å². The molecule has 0 aliphatic carbocycles. The van der Waals surface area contributed by atoms with Gasteiger partial charge < -0.3 is 0 Å². The predicted octanol–water partition coefficient (Wildman–Crippen LogP) is 2.03. The molecule has 0 aromatic heterocycles. The van der Waals surface area contributed by atoms with Crippen molar-refractivity contribution in [3.8, 4) is 0 Å². The van der Waals surface area contributed by atoms with Gasteiger partial charge in [-0.3, -0.25) is 0 Å². The Bertz CT molecular complexity index is 71.7. The smallest absolute Gasteiger partial charge is 0.0965 e. The lowest BCUT2D eigenvalue weighted by atomic mass is 10.5. The van der Waals surface area contributed by atoms with Crippen molar-refractivity contribution in [2.24, 2.45) is 0 Å². The van der Waals surface area contributed by atoms with Crippen molar-refractivity contribution in [2.75, 3.05) is 6.61 Å². The van der Waals surface area contributed by atoms with Gasteiger partial charge >= 0.3 is 0 Å². The molecule has 1 heterocycles. The highest BCUT2D eigenvalue weighted by molar-refractivity contribution is 9.13. The molecule has 0 N–H and O–H groups in total. The molecule has 3 atom stereocenters. The third-order valence-corrected chi connectivity index (χ3v) is 4.80. The fraction of sp³-hybridized carbons (Fsp3) is 1.00. The van der Waals surface area contributed by atoms with Gasteiger partial charge in [-0.15, -0.1) is 0 Å². The van der Waals surface area contributed by atoms with Crippen LogP contribution in [-0.4, -0.2) is 16.0 Å². The summed E-state index contributed by atoms with van der Waals surface area (Å²) in [5.41, 5.74) is 0. The molecule has 0 radical (unpaired) electrons. The molecule has 48 valence electrons. The zero-order valence-electron chi connectivity index (χ0n) is 3.93. The quantitative estimate of drug-likeness (QED) is 0.378. The highest BCUT2D eigenvalue weighted by atomic mass is 79.9. The molecule has 0 aromatic carbocycles. The first-order valence-electron chi connectivity index (χ1n) is 2.13. The van der Waals surface area contributed by atoms with Crippen molar-refractivity contribution < 1.29 is 9.56 Å². The second-order valence-electron chi connectivity index (χ2n) is 1.40. The van der Waals surface area contributed by atoms with E-state index in [2.05, 4.69) is 36.7 Å². The van der Waals surface area contributed by atoms with Crippen LogP contribution in [0.25, 0.3) is 0 Å². The lowest BCUT2D eigenvalue weighted by Gasteiger charge is -2.20. The minimum Gasteiger partial charge on any atom is -0.232 e. The third-order valence-electron chi connectivity index (χ3n) is 0.764. The van der Waals surface area contributed by atoms with Crippen LogP contribution in [-0.2, 0) is 9.56 Å². The van der Waals surface area contributed by atoms with Crippen LogP contribution < -0.4 is 0 Å². The van der Waals surface area contributed by atoms with Gasteiger partial charge in [0.25, 0.3) is 0 Å². The van der Waals surface area contributed by atoms with E-state index < -0.39 is 0 Å². The Morgan fingerprint density at radius 3 is 2.62 bits per heavy atom. The Morgan fingerprint density at radius 1 is 1.50 bits per heavy atom. The molecule has 1 saturated heterocycles. The van der Waals surface area contributed by atoms with Crippen molar-refractivity contribution in [3.63, 3.8) is 0 Å². The summed E-state index contributed by atoms with van der Waals surface area (Å²) in [5, 5.41) is 0. The molecule has 0 spiro atoms.